The van der Waals surface area contributed by atoms with Gasteiger partial charge in [0.25, 0.3) is 5.91 Å². The molecule has 0 spiro atoms. The minimum Gasteiger partial charge on any atom is -0.453 e. The number of nitrogens with one attached hydrogen (secondary N) is 1. The largest absolute Gasteiger partial charge is 0.453 e. The van der Waals surface area contributed by atoms with E-state index in [4.69, 9.17) is 4.74 Å². The van der Waals surface area contributed by atoms with Crippen LogP contribution in [-0.4, -0.2) is 28.5 Å². The first-order valence-corrected chi connectivity index (χ1v) is 4.37. The number of hydrogen-bond donors (Lipinski definition) is 1. The lowest BCUT2D eigenvalue weighted by Gasteiger charge is -2.08. The standard InChI is InChI=1S/C9H13N3O2/c1-7(2)12-8(13)6-14-9-10-4-3-5-11-9/h3-5,7H,6H2,1-2H3,(H,12,13). The van der Waals surface area contributed by atoms with Crippen molar-refractivity contribution in [3.63, 3.8) is 0 Å². The number of nitrogens with zero attached hydrogens (tertiary/aromatic N) is 2. The second-order valence-corrected chi connectivity index (χ2v) is 3.04. The van der Waals surface area contributed by atoms with E-state index in [0.29, 0.717) is 0 Å². The molecule has 76 valence electrons. The number of carbonyl (C=O) groups is 1. The van der Waals surface area contributed by atoms with E-state index in [1.165, 1.54) is 0 Å². The van der Waals surface area contributed by atoms with Gasteiger partial charge in [-0.1, -0.05) is 0 Å². The van der Waals surface area contributed by atoms with E-state index < -0.39 is 0 Å². The molecule has 0 radical (unpaired) electrons. The summed E-state index contributed by atoms with van der Waals surface area (Å²) in [7, 11) is 0. The third-order valence-corrected chi connectivity index (χ3v) is 1.32. The highest BCUT2D eigenvalue weighted by atomic mass is 16.5. The van der Waals surface area contributed by atoms with E-state index in [-0.39, 0.29) is 24.6 Å². The van der Waals surface area contributed by atoms with Crippen LogP contribution in [0, 0.1) is 0 Å². The Balaban J connectivity index is 2.31. The van der Waals surface area contributed by atoms with E-state index in [9.17, 15) is 4.79 Å². The van der Waals surface area contributed by atoms with Gasteiger partial charge in [0.05, 0.1) is 0 Å². The number of aromatic nitrogens is 2. The average Bonchev–Trinajstić information content (AvgIpc) is 2.15. The molecule has 0 unspecified atom stereocenters. The summed E-state index contributed by atoms with van der Waals surface area (Å²) >= 11 is 0. The molecule has 0 fully saturated rings. The van der Waals surface area contributed by atoms with Crippen LogP contribution in [0.2, 0.25) is 0 Å². The number of amides is 1. The van der Waals surface area contributed by atoms with Gasteiger partial charge < -0.3 is 10.1 Å². The molecule has 0 aliphatic heterocycles. The van der Waals surface area contributed by atoms with E-state index in [0.717, 1.165) is 0 Å². The fraction of sp³-hybridized carbons (Fsp3) is 0.444. The molecule has 5 nitrogen and oxygen atoms in total. The van der Waals surface area contributed by atoms with Crippen molar-refractivity contribution >= 4 is 5.91 Å². The number of carbonyl (C=O) groups excluding carboxylic acids is 1. The summed E-state index contributed by atoms with van der Waals surface area (Å²) in [5.41, 5.74) is 0. The Morgan fingerprint density at radius 2 is 2.14 bits per heavy atom. The van der Waals surface area contributed by atoms with E-state index in [1.807, 2.05) is 13.8 Å². The van der Waals surface area contributed by atoms with Crippen LogP contribution in [-0.2, 0) is 4.79 Å². The Bertz CT molecular complexity index is 287. The molecule has 1 N–H and O–H groups in total. The topological polar surface area (TPSA) is 64.1 Å². The van der Waals surface area contributed by atoms with Gasteiger partial charge in [-0.05, 0) is 19.9 Å². The number of rotatable bonds is 4. The molecule has 1 rings (SSSR count). The van der Waals surface area contributed by atoms with Crippen LogP contribution in [0.3, 0.4) is 0 Å². The molecule has 1 amide bonds. The van der Waals surface area contributed by atoms with Gasteiger partial charge in [-0.2, -0.15) is 0 Å². The Morgan fingerprint density at radius 3 is 2.71 bits per heavy atom. The molecule has 0 aromatic carbocycles. The molecule has 1 aromatic heterocycles. The van der Waals surface area contributed by atoms with Crippen LogP contribution < -0.4 is 10.1 Å². The third-order valence-electron chi connectivity index (χ3n) is 1.32. The second-order valence-electron chi connectivity index (χ2n) is 3.04. The lowest BCUT2D eigenvalue weighted by atomic mass is 10.4. The predicted molar refractivity (Wildman–Crippen MR) is 50.8 cm³/mol. The van der Waals surface area contributed by atoms with Crippen molar-refractivity contribution in [1.29, 1.82) is 0 Å². The molecule has 0 aliphatic carbocycles. The van der Waals surface area contributed by atoms with Crippen molar-refractivity contribution in [2.24, 2.45) is 0 Å². The van der Waals surface area contributed by atoms with Crippen molar-refractivity contribution in [1.82, 2.24) is 15.3 Å². The Morgan fingerprint density at radius 1 is 1.50 bits per heavy atom. The lowest BCUT2D eigenvalue weighted by molar-refractivity contribution is -0.123. The smallest absolute Gasteiger partial charge is 0.316 e. The van der Waals surface area contributed by atoms with Crippen LogP contribution in [0.1, 0.15) is 13.8 Å². The summed E-state index contributed by atoms with van der Waals surface area (Å²) in [6.07, 6.45) is 3.12. The molecular formula is C9H13N3O2. The first-order valence-electron chi connectivity index (χ1n) is 4.37. The van der Waals surface area contributed by atoms with Crippen molar-refractivity contribution in [2.45, 2.75) is 19.9 Å². The third kappa shape index (κ3) is 3.84. The van der Waals surface area contributed by atoms with Gasteiger partial charge in [0.15, 0.2) is 6.61 Å². The molecule has 0 saturated carbocycles. The molecule has 0 bridgehead atoms. The van der Waals surface area contributed by atoms with Crippen LogP contribution >= 0.6 is 0 Å². The normalized spacial score (nSPS) is 9.93. The lowest BCUT2D eigenvalue weighted by Crippen LogP contribution is -2.34. The van der Waals surface area contributed by atoms with Gasteiger partial charge in [0.2, 0.25) is 0 Å². The van der Waals surface area contributed by atoms with Crippen molar-refractivity contribution in [3.05, 3.63) is 18.5 Å². The summed E-state index contributed by atoms with van der Waals surface area (Å²) in [5, 5.41) is 2.69. The summed E-state index contributed by atoms with van der Waals surface area (Å²) in [6, 6.07) is 2.01. The zero-order valence-corrected chi connectivity index (χ0v) is 8.23. The zero-order valence-electron chi connectivity index (χ0n) is 8.23. The Labute approximate surface area is 82.5 Å². The average molecular weight is 195 g/mol. The molecule has 1 aromatic rings. The number of ether oxygens (including phenoxy) is 1. The maximum absolute atomic E-state index is 11.1. The van der Waals surface area contributed by atoms with Gasteiger partial charge in [-0.15, -0.1) is 0 Å². The molecule has 0 saturated heterocycles. The van der Waals surface area contributed by atoms with Gasteiger partial charge in [-0.3, -0.25) is 4.79 Å². The Kier molecular flexibility index (Phi) is 3.84. The molecule has 0 aliphatic rings. The number of hydrogen-bond acceptors (Lipinski definition) is 4. The van der Waals surface area contributed by atoms with Crippen molar-refractivity contribution < 1.29 is 9.53 Å². The summed E-state index contributed by atoms with van der Waals surface area (Å²) in [4.78, 5) is 18.8. The van der Waals surface area contributed by atoms with Crippen molar-refractivity contribution in [3.8, 4) is 6.01 Å². The van der Waals surface area contributed by atoms with E-state index >= 15 is 0 Å². The SMILES string of the molecule is CC(C)NC(=O)COc1ncccn1. The molecule has 14 heavy (non-hydrogen) atoms. The first kappa shape index (κ1) is 10.4. The predicted octanol–water partition coefficient (Wildman–Crippen LogP) is 0.380. The van der Waals surface area contributed by atoms with Crippen LogP contribution in [0.15, 0.2) is 18.5 Å². The van der Waals surface area contributed by atoms with E-state index in [1.54, 1.807) is 18.5 Å². The fourth-order valence-electron chi connectivity index (χ4n) is 0.854. The van der Waals surface area contributed by atoms with Crippen molar-refractivity contribution in [2.75, 3.05) is 6.61 Å². The molecule has 5 heteroatoms. The fourth-order valence-corrected chi connectivity index (χ4v) is 0.854. The minimum absolute atomic E-state index is 0.0534. The van der Waals surface area contributed by atoms with Crippen LogP contribution in [0.5, 0.6) is 6.01 Å². The quantitative estimate of drug-likeness (QED) is 0.754. The summed E-state index contributed by atoms with van der Waals surface area (Å²) in [5.74, 6) is -0.174. The first-order chi connectivity index (χ1) is 6.68. The van der Waals surface area contributed by atoms with Crippen LogP contribution in [0.25, 0.3) is 0 Å². The molecule has 1 heterocycles. The summed E-state index contributed by atoms with van der Waals surface area (Å²) in [6.45, 7) is 3.72. The van der Waals surface area contributed by atoms with Gasteiger partial charge in [0.1, 0.15) is 0 Å². The van der Waals surface area contributed by atoms with Gasteiger partial charge in [-0.25, -0.2) is 9.97 Å². The molecule has 0 atom stereocenters. The zero-order chi connectivity index (χ0) is 10.4. The van der Waals surface area contributed by atoms with E-state index in [2.05, 4.69) is 15.3 Å². The maximum atomic E-state index is 11.1. The van der Waals surface area contributed by atoms with Crippen LogP contribution in [0.4, 0.5) is 0 Å². The maximum Gasteiger partial charge on any atom is 0.316 e. The highest BCUT2D eigenvalue weighted by molar-refractivity contribution is 5.77. The highest BCUT2D eigenvalue weighted by Gasteiger charge is 2.04. The monoisotopic (exact) mass is 195 g/mol. The van der Waals surface area contributed by atoms with Gasteiger partial charge in [0, 0.05) is 18.4 Å². The molecular weight excluding hydrogens is 182 g/mol. The highest BCUT2D eigenvalue weighted by Crippen LogP contribution is 1.96. The second kappa shape index (κ2) is 5.16. The minimum atomic E-state index is -0.174. The van der Waals surface area contributed by atoms with Gasteiger partial charge >= 0.3 is 6.01 Å². The Hall–Kier alpha value is -1.65. The summed E-state index contributed by atoms with van der Waals surface area (Å²) < 4.78 is 5.03.